The third-order valence-electron chi connectivity index (χ3n) is 6.26. The maximum Gasteiger partial charge on any atom is 0.209 e. The number of imidazole rings is 1. The van der Waals surface area contributed by atoms with E-state index in [0.29, 0.717) is 6.54 Å². The fraction of sp³-hybridized carbons (Fsp3) is 0.259. The van der Waals surface area contributed by atoms with Crippen LogP contribution in [0.5, 0.6) is 5.75 Å². The van der Waals surface area contributed by atoms with Gasteiger partial charge in [0, 0.05) is 43.4 Å². The smallest absolute Gasteiger partial charge is 0.209 e. The molecule has 1 aromatic heterocycles. The Bertz CT molecular complexity index is 1270. The molecule has 6 nitrogen and oxygen atoms in total. The fourth-order valence-corrected chi connectivity index (χ4v) is 4.54. The van der Waals surface area contributed by atoms with Crippen molar-refractivity contribution < 1.29 is 9.53 Å². The van der Waals surface area contributed by atoms with Crippen molar-refractivity contribution in [2.24, 2.45) is 0 Å². The molecular formula is C27H27ClN4O2. The molecule has 7 heteroatoms. The van der Waals surface area contributed by atoms with Gasteiger partial charge in [-0.3, -0.25) is 4.79 Å². The summed E-state index contributed by atoms with van der Waals surface area (Å²) >= 11 is 6.12. The van der Waals surface area contributed by atoms with Gasteiger partial charge in [0.25, 0.3) is 0 Å². The lowest BCUT2D eigenvalue weighted by Gasteiger charge is -2.34. The van der Waals surface area contributed by atoms with E-state index in [0.717, 1.165) is 71.5 Å². The van der Waals surface area contributed by atoms with Gasteiger partial charge in [-0.15, -0.1) is 0 Å². The van der Waals surface area contributed by atoms with E-state index in [9.17, 15) is 4.79 Å². The number of rotatable bonds is 7. The van der Waals surface area contributed by atoms with Crippen molar-refractivity contribution >= 4 is 34.7 Å². The van der Waals surface area contributed by atoms with Gasteiger partial charge in [-0.05, 0) is 55.0 Å². The fourth-order valence-electron chi connectivity index (χ4n) is 4.42. The first-order valence-electron chi connectivity index (χ1n) is 11.5. The van der Waals surface area contributed by atoms with Crippen LogP contribution in [0, 0.1) is 0 Å². The molecule has 1 fully saturated rings. The van der Waals surface area contributed by atoms with Crippen LogP contribution in [0.2, 0.25) is 5.02 Å². The molecule has 174 valence electrons. The number of hydrogen-bond donors (Lipinski definition) is 0. The molecule has 0 spiro atoms. The van der Waals surface area contributed by atoms with E-state index in [1.54, 1.807) is 0 Å². The van der Waals surface area contributed by atoms with E-state index in [2.05, 4.69) is 27.7 Å². The van der Waals surface area contributed by atoms with Crippen LogP contribution >= 0.6 is 11.6 Å². The second kappa shape index (κ2) is 9.77. The summed E-state index contributed by atoms with van der Waals surface area (Å²) in [6.07, 6.45) is 0.698. The average molecular weight is 475 g/mol. The summed E-state index contributed by atoms with van der Waals surface area (Å²) in [5.41, 5.74) is 4.27. The van der Waals surface area contributed by atoms with Gasteiger partial charge in [0.1, 0.15) is 5.75 Å². The summed E-state index contributed by atoms with van der Waals surface area (Å²) in [6.45, 7) is 5.80. The summed E-state index contributed by atoms with van der Waals surface area (Å²) in [7, 11) is 0. The molecule has 0 saturated carbocycles. The number of carbonyl (C=O) groups is 1. The molecular weight excluding hydrogens is 448 g/mol. The zero-order valence-electron chi connectivity index (χ0n) is 19.1. The largest absolute Gasteiger partial charge is 0.483 e. The van der Waals surface area contributed by atoms with Crippen molar-refractivity contribution in [3.8, 4) is 5.75 Å². The third-order valence-corrected chi connectivity index (χ3v) is 6.52. The summed E-state index contributed by atoms with van der Waals surface area (Å²) in [5.74, 6) is 1.69. The van der Waals surface area contributed by atoms with Crippen molar-refractivity contribution in [2.45, 2.75) is 19.6 Å². The number of ether oxygens (including phenoxy) is 1. The number of carbonyl (C=O) groups excluding carboxylic acids is 1. The number of para-hydroxylation sites is 1. The van der Waals surface area contributed by atoms with E-state index in [4.69, 9.17) is 21.3 Å². The van der Waals surface area contributed by atoms with Gasteiger partial charge in [0.15, 0.2) is 11.9 Å². The predicted molar refractivity (Wildman–Crippen MR) is 136 cm³/mol. The Balaban J connectivity index is 1.52. The van der Waals surface area contributed by atoms with Crippen LogP contribution in [0.3, 0.4) is 0 Å². The Kier molecular flexibility index (Phi) is 6.41. The summed E-state index contributed by atoms with van der Waals surface area (Å²) in [6, 6.07) is 24.1. The highest BCUT2D eigenvalue weighted by atomic mass is 35.5. The molecule has 0 radical (unpaired) electrons. The third kappa shape index (κ3) is 4.73. The van der Waals surface area contributed by atoms with Gasteiger partial charge in [-0.25, -0.2) is 4.98 Å². The second-order valence-corrected chi connectivity index (χ2v) is 8.99. The number of fused-ring (bicyclic) bond motifs is 1. The van der Waals surface area contributed by atoms with Crippen molar-refractivity contribution in [3.63, 3.8) is 0 Å². The first kappa shape index (κ1) is 22.3. The number of nitrogens with zero attached hydrogens (tertiary/aromatic N) is 4. The predicted octanol–water partition coefficient (Wildman–Crippen LogP) is 5.16. The van der Waals surface area contributed by atoms with Crippen molar-refractivity contribution in [1.29, 1.82) is 0 Å². The van der Waals surface area contributed by atoms with Crippen molar-refractivity contribution in [2.75, 3.05) is 31.1 Å². The molecule has 1 aliphatic rings. The molecule has 4 aromatic rings. The second-order valence-electron chi connectivity index (χ2n) is 8.56. The highest BCUT2D eigenvalue weighted by molar-refractivity contribution is 6.30. The van der Waals surface area contributed by atoms with Gasteiger partial charge in [0.2, 0.25) is 6.41 Å². The monoisotopic (exact) mass is 474 g/mol. The number of amides is 1. The first-order valence-corrected chi connectivity index (χ1v) is 11.9. The standard InChI is InChI=1S/C27H27ClN4O2/c1-20(34-24-5-3-2-4-6-24)27-29-25-12-11-23(31-15-13-30(19-33)14-16-31)17-26(25)32(27)18-21-7-9-22(28)10-8-21/h2-12,17,19-20H,13-16,18H2,1H3. The number of hydrogen-bond acceptors (Lipinski definition) is 4. The van der Waals surface area contributed by atoms with Crippen LogP contribution < -0.4 is 9.64 Å². The van der Waals surface area contributed by atoms with Crippen LogP contribution in [-0.2, 0) is 11.3 Å². The minimum Gasteiger partial charge on any atom is -0.483 e. The zero-order valence-corrected chi connectivity index (χ0v) is 19.9. The van der Waals surface area contributed by atoms with Crippen LogP contribution in [-0.4, -0.2) is 47.0 Å². The topological polar surface area (TPSA) is 50.6 Å². The SMILES string of the molecule is CC(Oc1ccccc1)c1nc2ccc(N3CCN(C=O)CC3)cc2n1Cc1ccc(Cl)cc1. The number of anilines is 1. The number of benzene rings is 3. The Morgan fingerprint density at radius 2 is 1.74 bits per heavy atom. The number of aromatic nitrogens is 2. The molecule has 0 aliphatic carbocycles. The lowest BCUT2D eigenvalue weighted by Crippen LogP contribution is -2.45. The molecule has 0 N–H and O–H groups in total. The Hall–Kier alpha value is -3.51. The summed E-state index contributed by atoms with van der Waals surface area (Å²) in [4.78, 5) is 20.2. The highest BCUT2D eigenvalue weighted by Gasteiger charge is 2.21. The molecule has 1 unspecified atom stereocenters. The molecule has 1 atom stereocenters. The van der Waals surface area contributed by atoms with Gasteiger partial charge in [-0.1, -0.05) is 41.9 Å². The summed E-state index contributed by atoms with van der Waals surface area (Å²) in [5, 5.41) is 0.719. The minimum absolute atomic E-state index is 0.235. The molecule has 0 bridgehead atoms. The van der Waals surface area contributed by atoms with Crippen LogP contribution in [0.1, 0.15) is 24.4 Å². The van der Waals surface area contributed by atoms with E-state index in [1.807, 2.05) is 66.4 Å². The number of piperazine rings is 1. The lowest BCUT2D eigenvalue weighted by atomic mass is 10.2. The molecule has 3 aromatic carbocycles. The molecule has 5 rings (SSSR count). The van der Waals surface area contributed by atoms with E-state index in [-0.39, 0.29) is 6.10 Å². The zero-order chi connectivity index (χ0) is 23.5. The lowest BCUT2D eigenvalue weighted by molar-refractivity contribution is -0.118. The Labute approximate surface area is 204 Å². The average Bonchev–Trinajstić information content (AvgIpc) is 3.24. The van der Waals surface area contributed by atoms with Crippen molar-refractivity contribution in [1.82, 2.24) is 14.5 Å². The molecule has 2 heterocycles. The van der Waals surface area contributed by atoms with Gasteiger partial charge in [-0.2, -0.15) is 0 Å². The maximum atomic E-state index is 11.1. The van der Waals surface area contributed by atoms with Crippen molar-refractivity contribution in [3.05, 3.63) is 89.2 Å². The summed E-state index contributed by atoms with van der Waals surface area (Å²) < 4.78 is 8.48. The quantitative estimate of drug-likeness (QED) is 0.347. The molecule has 1 amide bonds. The molecule has 1 aliphatic heterocycles. The van der Waals surface area contributed by atoms with Gasteiger partial charge >= 0.3 is 0 Å². The molecule has 1 saturated heterocycles. The normalized spacial score (nSPS) is 14.9. The van der Waals surface area contributed by atoms with Gasteiger partial charge in [0.05, 0.1) is 11.0 Å². The van der Waals surface area contributed by atoms with Crippen LogP contribution in [0.25, 0.3) is 11.0 Å². The first-order chi connectivity index (χ1) is 16.6. The van der Waals surface area contributed by atoms with Crippen LogP contribution in [0.4, 0.5) is 5.69 Å². The van der Waals surface area contributed by atoms with Crippen LogP contribution in [0.15, 0.2) is 72.8 Å². The van der Waals surface area contributed by atoms with E-state index >= 15 is 0 Å². The minimum atomic E-state index is -0.235. The van der Waals surface area contributed by atoms with Gasteiger partial charge < -0.3 is 19.1 Å². The number of halogens is 1. The highest BCUT2D eigenvalue weighted by Crippen LogP contribution is 2.29. The molecule has 34 heavy (non-hydrogen) atoms. The Morgan fingerprint density at radius 3 is 2.44 bits per heavy atom. The van der Waals surface area contributed by atoms with E-state index in [1.165, 1.54) is 0 Å². The maximum absolute atomic E-state index is 11.1. The van der Waals surface area contributed by atoms with E-state index < -0.39 is 0 Å². The Morgan fingerprint density at radius 1 is 1.00 bits per heavy atom.